The van der Waals surface area contributed by atoms with Crippen LogP contribution in [0.4, 0.5) is 13.2 Å². The van der Waals surface area contributed by atoms with E-state index in [1.807, 2.05) is 0 Å². The molecule has 0 unspecified atom stereocenters. The van der Waals surface area contributed by atoms with E-state index in [4.69, 9.17) is 0 Å². The van der Waals surface area contributed by atoms with Crippen LogP contribution in [0.25, 0.3) is 11.1 Å². The Balaban J connectivity index is 2.43. The molecule has 0 atom stereocenters. The molecule has 0 amide bonds. The molecule has 0 bridgehead atoms. The minimum atomic E-state index is -4.34. The third-order valence-electron chi connectivity index (χ3n) is 2.14. The number of hydrogen-bond acceptors (Lipinski definition) is 2. The normalized spacial score (nSPS) is 11.5. The van der Waals surface area contributed by atoms with E-state index in [9.17, 15) is 13.2 Å². The fourth-order valence-corrected chi connectivity index (χ4v) is 1.54. The van der Waals surface area contributed by atoms with Gasteiger partial charge in [0.05, 0.1) is 5.56 Å². The van der Waals surface area contributed by atoms with Gasteiger partial charge in [-0.25, -0.2) is 9.97 Å². The third kappa shape index (κ3) is 2.82. The fourth-order valence-electron chi connectivity index (χ4n) is 1.34. The Hall–Kier alpha value is -1.43. The lowest BCUT2D eigenvalue weighted by atomic mass is 10.1. The van der Waals surface area contributed by atoms with Gasteiger partial charge in [0.1, 0.15) is 0 Å². The van der Waals surface area contributed by atoms with Crippen LogP contribution < -0.4 is 0 Å². The first-order valence-corrected chi connectivity index (χ1v) is 5.41. The maximum Gasteiger partial charge on any atom is 0.416 e. The Morgan fingerprint density at radius 3 is 2.24 bits per heavy atom. The van der Waals surface area contributed by atoms with Gasteiger partial charge in [-0.2, -0.15) is 13.2 Å². The Bertz CT molecular complexity index is 523. The Morgan fingerprint density at radius 2 is 1.65 bits per heavy atom. The molecule has 2 nitrogen and oxygen atoms in total. The van der Waals surface area contributed by atoms with Gasteiger partial charge in [-0.05, 0) is 33.6 Å². The Kier molecular flexibility index (Phi) is 3.15. The van der Waals surface area contributed by atoms with Crippen molar-refractivity contribution in [1.82, 2.24) is 9.97 Å². The number of halogens is 4. The van der Waals surface area contributed by atoms with Crippen LogP contribution in [0.3, 0.4) is 0 Å². The largest absolute Gasteiger partial charge is 0.416 e. The van der Waals surface area contributed by atoms with Crippen molar-refractivity contribution in [3.63, 3.8) is 0 Å². The van der Waals surface area contributed by atoms with Crippen LogP contribution >= 0.6 is 15.9 Å². The van der Waals surface area contributed by atoms with E-state index in [2.05, 4.69) is 25.9 Å². The quantitative estimate of drug-likeness (QED) is 0.746. The molecule has 0 fully saturated rings. The molecule has 0 aliphatic carbocycles. The summed E-state index contributed by atoms with van der Waals surface area (Å²) in [4.78, 5) is 7.74. The van der Waals surface area contributed by atoms with Gasteiger partial charge in [0, 0.05) is 18.0 Å². The van der Waals surface area contributed by atoms with Gasteiger partial charge >= 0.3 is 6.18 Å². The zero-order valence-electron chi connectivity index (χ0n) is 8.37. The monoisotopic (exact) mass is 302 g/mol. The first-order valence-electron chi connectivity index (χ1n) is 4.62. The lowest BCUT2D eigenvalue weighted by Gasteiger charge is -2.08. The fraction of sp³-hybridized carbons (Fsp3) is 0.0909. The predicted molar refractivity (Wildman–Crippen MR) is 60.2 cm³/mol. The molecule has 0 radical (unpaired) electrons. The van der Waals surface area contributed by atoms with Crippen LogP contribution in [0.15, 0.2) is 41.4 Å². The second-order valence-electron chi connectivity index (χ2n) is 3.32. The number of benzene rings is 1. The first kappa shape index (κ1) is 12.0. The van der Waals surface area contributed by atoms with E-state index < -0.39 is 11.7 Å². The molecule has 1 heterocycles. The molecule has 0 N–H and O–H groups in total. The topological polar surface area (TPSA) is 25.8 Å². The van der Waals surface area contributed by atoms with Crippen LogP contribution in [-0.4, -0.2) is 9.97 Å². The molecule has 1 aromatic heterocycles. The molecule has 2 aromatic rings. The van der Waals surface area contributed by atoms with Crippen molar-refractivity contribution in [2.75, 3.05) is 0 Å². The molecule has 0 saturated carbocycles. The van der Waals surface area contributed by atoms with E-state index in [0.29, 0.717) is 15.9 Å². The predicted octanol–water partition coefficient (Wildman–Crippen LogP) is 3.92. The summed E-state index contributed by atoms with van der Waals surface area (Å²) in [5.74, 6) is 0. The molecular formula is C11H6BrF3N2. The zero-order chi connectivity index (χ0) is 12.5. The van der Waals surface area contributed by atoms with E-state index in [1.54, 1.807) is 6.07 Å². The molecule has 0 saturated heterocycles. The van der Waals surface area contributed by atoms with Crippen molar-refractivity contribution in [3.8, 4) is 11.1 Å². The summed E-state index contributed by atoms with van der Waals surface area (Å²) < 4.78 is 37.9. The molecule has 0 spiro atoms. The van der Waals surface area contributed by atoms with E-state index >= 15 is 0 Å². The average molecular weight is 303 g/mol. The Labute approximate surface area is 104 Å². The van der Waals surface area contributed by atoms with Gasteiger partial charge < -0.3 is 0 Å². The second kappa shape index (κ2) is 4.44. The maximum atomic E-state index is 12.5. The van der Waals surface area contributed by atoms with E-state index in [0.717, 1.165) is 12.1 Å². The molecule has 0 aliphatic heterocycles. The molecular weight excluding hydrogens is 297 g/mol. The van der Waals surface area contributed by atoms with Crippen molar-refractivity contribution >= 4 is 15.9 Å². The van der Waals surface area contributed by atoms with Gasteiger partial charge in [0.25, 0.3) is 0 Å². The zero-order valence-corrected chi connectivity index (χ0v) is 9.96. The number of rotatable bonds is 1. The van der Waals surface area contributed by atoms with Crippen LogP contribution in [0.2, 0.25) is 0 Å². The lowest BCUT2D eigenvalue weighted by Crippen LogP contribution is -2.04. The summed E-state index contributed by atoms with van der Waals surface area (Å²) in [5, 5.41) is 0. The molecule has 88 valence electrons. The summed E-state index contributed by atoms with van der Waals surface area (Å²) >= 11 is 3.06. The van der Waals surface area contributed by atoms with Crippen LogP contribution in [-0.2, 0) is 6.18 Å². The van der Waals surface area contributed by atoms with Crippen molar-refractivity contribution < 1.29 is 13.2 Å². The average Bonchev–Trinajstić information content (AvgIpc) is 2.29. The van der Waals surface area contributed by atoms with Gasteiger partial charge in [0.2, 0.25) is 0 Å². The van der Waals surface area contributed by atoms with E-state index in [1.165, 1.54) is 18.5 Å². The minimum absolute atomic E-state index is 0.397. The number of nitrogens with zero attached hydrogens (tertiary/aromatic N) is 2. The highest BCUT2D eigenvalue weighted by Crippen LogP contribution is 2.31. The number of hydrogen-bond donors (Lipinski definition) is 0. The van der Waals surface area contributed by atoms with Crippen molar-refractivity contribution in [1.29, 1.82) is 0 Å². The first-order chi connectivity index (χ1) is 7.97. The highest BCUT2D eigenvalue weighted by molar-refractivity contribution is 9.10. The summed E-state index contributed by atoms with van der Waals surface area (Å²) in [6.07, 6.45) is -1.41. The number of alkyl halides is 3. The van der Waals surface area contributed by atoms with Gasteiger partial charge in [-0.1, -0.05) is 12.1 Å². The Morgan fingerprint density at radius 1 is 1.00 bits per heavy atom. The van der Waals surface area contributed by atoms with Gasteiger partial charge in [0.15, 0.2) is 4.73 Å². The van der Waals surface area contributed by atoms with Crippen LogP contribution in [0.1, 0.15) is 5.56 Å². The van der Waals surface area contributed by atoms with Crippen LogP contribution in [0, 0.1) is 0 Å². The summed E-state index contributed by atoms with van der Waals surface area (Å²) in [7, 11) is 0. The summed E-state index contributed by atoms with van der Waals surface area (Å²) in [5.41, 5.74) is 0.296. The van der Waals surface area contributed by atoms with Gasteiger partial charge in [-0.3, -0.25) is 0 Å². The van der Waals surface area contributed by atoms with Crippen molar-refractivity contribution in [2.45, 2.75) is 6.18 Å². The highest BCUT2D eigenvalue weighted by atomic mass is 79.9. The molecule has 2 rings (SSSR count). The van der Waals surface area contributed by atoms with Crippen molar-refractivity contribution in [3.05, 3.63) is 47.0 Å². The third-order valence-corrected chi connectivity index (χ3v) is 2.55. The maximum absolute atomic E-state index is 12.5. The van der Waals surface area contributed by atoms with Gasteiger partial charge in [-0.15, -0.1) is 0 Å². The summed E-state index contributed by atoms with van der Waals surface area (Å²) in [6, 6.07) is 5.05. The highest BCUT2D eigenvalue weighted by Gasteiger charge is 2.30. The summed E-state index contributed by atoms with van der Waals surface area (Å²) in [6.45, 7) is 0. The minimum Gasteiger partial charge on any atom is -0.230 e. The SMILES string of the molecule is FC(F)(F)c1cccc(-c2cnc(Br)nc2)c1. The lowest BCUT2D eigenvalue weighted by molar-refractivity contribution is -0.137. The number of aromatic nitrogens is 2. The standard InChI is InChI=1S/C11H6BrF3N2/c12-10-16-5-8(6-17-10)7-2-1-3-9(4-7)11(13,14)15/h1-6H. The van der Waals surface area contributed by atoms with E-state index in [-0.39, 0.29) is 0 Å². The smallest absolute Gasteiger partial charge is 0.230 e. The molecule has 1 aromatic carbocycles. The molecule has 0 aliphatic rings. The van der Waals surface area contributed by atoms with Crippen LogP contribution in [0.5, 0.6) is 0 Å². The second-order valence-corrected chi connectivity index (χ2v) is 4.03. The van der Waals surface area contributed by atoms with Crippen molar-refractivity contribution in [2.24, 2.45) is 0 Å². The molecule has 17 heavy (non-hydrogen) atoms. The molecule has 6 heteroatoms.